The minimum atomic E-state index is 0.410. The molecule has 2 aromatic carbocycles. The molecule has 98 valence electrons. The lowest BCUT2D eigenvalue weighted by Gasteiger charge is -2.25. The normalized spacial score (nSPS) is 9.55. The van der Waals surface area contributed by atoms with Crippen LogP contribution in [0.15, 0.2) is 48.5 Å². The molecule has 0 amide bonds. The number of rotatable bonds is 4. The number of nitrogens with zero attached hydrogens (tertiary/aromatic N) is 3. The maximum absolute atomic E-state index is 9.29. The summed E-state index contributed by atoms with van der Waals surface area (Å²) >= 11 is 0. The summed E-state index contributed by atoms with van der Waals surface area (Å²) in [6.45, 7) is 2.57. The third-order valence-electron chi connectivity index (χ3n) is 3.08. The molecule has 0 aliphatic carbocycles. The molecule has 0 N–H and O–H groups in total. The van der Waals surface area contributed by atoms with Crippen molar-refractivity contribution in [1.82, 2.24) is 0 Å². The van der Waals surface area contributed by atoms with E-state index in [1.165, 1.54) is 0 Å². The van der Waals surface area contributed by atoms with Gasteiger partial charge in [0, 0.05) is 12.2 Å². The number of aryl methyl sites for hydroxylation is 1. The van der Waals surface area contributed by atoms with Gasteiger partial charge in [-0.05, 0) is 36.8 Å². The van der Waals surface area contributed by atoms with E-state index in [1.807, 2.05) is 60.4 Å². The Bertz CT molecular complexity index is 663. The third kappa shape index (κ3) is 2.96. The average molecular weight is 261 g/mol. The Morgan fingerprint density at radius 1 is 1.05 bits per heavy atom. The van der Waals surface area contributed by atoms with Gasteiger partial charge in [0.25, 0.3) is 0 Å². The number of nitriles is 2. The molecule has 3 nitrogen and oxygen atoms in total. The van der Waals surface area contributed by atoms with Crippen LogP contribution >= 0.6 is 0 Å². The molecule has 0 heterocycles. The first-order chi connectivity index (χ1) is 9.76. The highest BCUT2D eigenvalue weighted by molar-refractivity contribution is 5.70. The summed E-state index contributed by atoms with van der Waals surface area (Å²) in [5, 5.41) is 18.1. The molecule has 0 radical (unpaired) electrons. The fraction of sp³-hybridized carbons (Fsp3) is 0.176. The molecular formula is C17H15N3. The zero-order chi connectivity index (χ0) is 14.4. The molecule has 0 saturated heterocycles. The summed E-state index contributed by atoms with van der Waals surface area (Å²) in [6, 6.07) is 20.0. The van der Waals surface area contributed by atoms with E-state index in [-0.39, 0.29) is 0 Å². The zero-order valence-corrected chi connectivity index (χ0v) is 11.4. The van der Waals surface area contributed by atoms with Crippen molar-refractivity contribution in [2.24, 2.45) is 0 Å². The number of hydrogen-bond acceptors (Lipinski definition) is 3. The molecule has 0 bridgehead atoms. The standard InChI is InChI=1S/C17H15N3/c1-14-8-9-15(13-19)17(12-14)20(11-5-10-18)16-6-3-2-4-7-16/h2-4,6-9,12H,5,11H2,1H3. The van der Waals surface area contributed by atoms with E-state index >= 15 is 0 Å². The number of hydrogen-bond donors (Lipinski definition) is 0. The van der Waals surface area contributed by atoms with Crippen LogP contribution in [-0.2, 0) is 0 Å². The van der Waals surface area contributed by atoms with Crippen molar-refractivity contribution in [2.45, 2.75) is 13.3 Å². The van der Waals surface area contributed by atoms with Crippen LogP contribution in [0.5, 0.6) is 0 Å². The first kappa shape index (κ1) is 13.6. The summed E-state index contributed by atoms with van der Waals surface area (Å²) < 4.78 is 0. The van der Waals surface area contributed by atoms with E-state index in [4.69, 9.17) is 5.26 Å². The van der Waals surface area contributed by atoms with Crippen molar-refractivity contribution >= 4 is 11.4 Å². The van der Waals surface area contributed by atoms with Gasteiger partial charge in [-0.1, -0.05) is 24.3 Å². The quantitative estimate of drug-likeness (QED) is 0.838. The van der Waals surface area contributed by atoms with Crippen molar-refractivity contribution in [2.75, 3.05) is 11.4 Å². The Morgan fingerprint density at radius 2 is 1.80 bits per heavy atom. The minimum Gasteiger partial charge on any atom is -0.339 e. The fourth-order valence-corrected chi connectivity index (χ4v) is 2.12. The molecule has 0 atom stereocenters. The number of para-hydroxylation sites is 1. The van der Waals surface area contributed by atoms with E-state index in [1.54, 1.807) is 0 Å². The van der Waals surface area contributed by atoms with Crippen molar-refractivity contribution in [3.05, 3.63) is 59.7 Å². The van der Waals surface area contributed by atoms with Gasteiger partial charge in [-0.15, -0.1) is 0 Å². The van der Waals surface area contributed by atoms with E-state index < -0.39 is 0 Å². The smallest absolute Gasteiger partial charge is 0.101 e. The predicted octanol–water partition coefficient (Wildman–Crippen LogP) is 3.92. The summed E-state index contributed by atoms with van der Waals surface area (Å²) in [4.78, 5) is 2.02. The van der Waals surface area contributed by atoms with Crippen molar-refractivity contribution in [3.63, 3.8) is 0 Å². The minimum absolute atomic E-state index is 0.410. The average Bonchev–Trinajstić information content (AvgIpc) is 2.49. The Kier molecular flexibility index (Phi) is 4.37. The van der Waals surface area contributed by atoms with Crippen LogP contribution in [0, 0.1) is 29.6 Å². The maximum Gasteiger partial charge on any atom is 0.101 e. The zero-order valence-electron chi connectivity index (χ0n) is 11.4. The largest absolute Gasteiger partial charge is 0.339 e. The van der Waals surface area contributed by atoms with Crippen molar-refractivity contribution < 1.29 is 0 Å². The molecule has 0 aliphatic rings. The molecule has 3 heteroatoms. The van der Waals surface area contributed by atoms with Gasteiger partial charge in [0.15, 0.2) is 0 Å². The van der Waals surface area contributed by atoms with Crippen LogP contribution in [0.25, 0.3) is 0 Å². The molecule has 0 aliphatic heterocycles. The lowest BCUT2D eigenvalue weighted by Crippen LogP contribution is -2.19. The molecule has 0 spiro atoms. The van der Waals surface area contributed by atoms with Gasteiger partial charge >= 0.3 is 0 Å². The highest BCUT2D eigenvalue weighted by atomic mass is 15.1. The summed E-state index contributed by atoms with van der Waals surface area (Å²) in [5.74, 6) is 0. The molecule has 2 aromatic rings. The predicted molar refractivity (Wildman–Crippen MR) is 79.6 cm³/mol. The lowest BCUT2D eigenvalue weighted by atomic mass is 10.1. The van der Waals surface area contributed by atoms with E-state index in [9.17, 15) is 5.26 Å². The van der Waals surface area contributed by atoms with Gasteiger partial charge in [0.1, 0.15) is 6.07 Å². The summed E-state index contributed by atoms with van der Waals surface area (Å²) in [5.41, 5.74) is 3.56. The molecule has 0 saturated carbocycles. The summed E-state index contributed by atoms with van der Waals surface area (Å²) in [6.07, 6.45) is 0.410. The first-order valence-electron chi connectivity index (χ1n) is 6.46. The maximum atomic E-state index is 9.29. The Balaban J connectivity index is 2.50. The second kappa shape index (κ2) is 6.41. The third-order valence-corrected chi connectivity index (χ3v) is 3.08. The second-order valence-corrected chi connectivity index (χ2v) is 4.53. The van der Waals surface area contributed by atoms with Crippen LogP contribution in [-0.4, -0.2) is 6.54 Å². The van der Waals surface area contributed by atoms with Gasteiger partial charge in [-0.2, -0.15) is 10.5 Å². The van der Waals surface area contributed by atoms with Crippen molar-refractivity contribution in [1.29, 1.82) is 10.5 Å². The molecule has 0 unspecified atom stereocenters. The number of anilines is 2. The molecular weight excluding hydrogens is 246 g/mol. The van der Waals surface area contributed by atoms with Crippen LogP contribution in [0.1, 0.15) is 17.5 Å². The number of benzene rings is 2. The first-order valence-corrected chi connectivity index (χ1v) is 6.46. The summed E-state index contributed by atoms with van der Waals surface area (Å²) in [7, 11) is 0. The van der Waals surface area contributed by atoms with E-state index in [2.05, 4.69) is 12.1 Å². The molecule has 20 heavy (non-hydrogen) atoms. The lowest BCUT2D eigenvalue weighted by molar-refractivity contribution is 0.945. The van der Waals surface area contributed by atoms with Crippen LogP contribution in [0.2, 0.25) is 0 Å². The van der Waals surface area contributed by atoms with E-state index in [0.717, 1.165) is 16.9 Å². The van der Waals surface area contributed by atoms with Crippen LogP contribution in [0.3, 0.4) is 0 Å². The topological polar surface area (TPSA) is 50.8 Å². The van der Waals surface area contributed by atoms with Crippen molar-refractivity contribution in [3.8, 4) is 12.1 Å². The highest BCUT2D eigenvalue weighted by Gasteiger charge is 2.13. The van der Waals surface area contributed by atoms with Gasteiger partial charge in [-0.25, -0.2) is 0 Å². The molecule has 2 rings (SSSR count). The van der Waals surface area contributed by atoms with Crippen LogP contribution in [0.4, 0.5) is 11.4 Å². The molecule has 0 fully saturated rings. The van der Waals surface area contributed by atoms with Crippen LogP contribution < -0.4 is 4.90 Å². The van der Waals surface area contributed by atoms with Gasteiger partial charge in [0.05, 0.1) is 23.7 Å². The molecule has 0 aromatic heterocycles. The monoisotopic (exact) mass is 261 g/mol. The Hall–Kier alpha value is -2.78. The van der Waals surface area contributed by atoms with Gasteiger partial charge in [0.2, 0.25) is 0 Å². The highest BCUT2D eigenvalue weighted by Crippen LogP contribution is 2.29. The second-order valence-electron chi connectivity index (χ2n) is 4.53. The Morgan fingerprint density at radius 3 is 2.45 bits per heavy atom. The van der Waals surface area contributed by atoms with Gasteiger partial charge in [-0.3, -0.25) is 0 Å². The Labute approximate surface area is 119 Å². The van der Waals surface area contributed by atoms with E-state index in [0.29, 0.717) is 18.5 Å². The SMILES string of the molecule is Cc1ccc(C#N)c(N(CCC#N)c2ccccc2)c1. The van der Waals surface area contributed by atoms with Gasteiger partial charge < -0.3 is 4.90 Å². The fourth-order valence-electron chi connectivity index (χ4n) is 2.12.